The molecule has 18 heavy (non-hydrogen) atoms. The molecule has 7 nitrogen and oxygen atoms in total. The van der Waals surface area contributed by atoms with Crippen LogP contribution in [0.2, 0.25) is 0 Å². The first-order valence-electron chi connectivity index (χ1n) is 5.05. The smallest absolute Gasteiger partial charge is 0.232 e. The van der Waals surface area contributed by atoms with Gasteiger partial charge in [0, 0.05) is 0 Å². The van der Waals surface area contributed by atoms with Gasteiger partial charge in [-0.3, -0.25) is 4.72 Å². The zero-order chi connectivity index (χ0) is 13.2. The summed E-state index contributed by atoms with van der Waals surface area (Å²) in [5.74, 6) is -0.800. The number of tetrazole rings is 1. The zero-order valence-corrected chi connectivity index (χ0v) is 10.2. The predicted molar refractivity (Wildman–Crippen MR) is 62.2 cm³/mol. The van der Waals surface area contributed by atoms with E-state index in [1.54, 1.807) is 0 Å². The number of anilines is 1. The Morgan fingerprint density at radius 3 is 2.83 bits per heavy atom. The van der Waals surface area contributed by atoms with Gasteiger partial charge in [-0.05, 0) is 35.5 Å². The Hall–Kier alpha value is -2.03. The fraction of sp³-hybridized carbons (Fsp3) is 0.222. The quantitative estimate of drug-likeness (QED) is 0.877. The number of hydrogen-bond acceptors (Lipinski definition) is 5. The van der Waals surface area contributed by atoms with Gasteiger partial charge in [-0.2, -0.15) is 0 Å². The molecule has 0 aliphatic heterocycles. The number of sulfonamides is 1. The van der Waals surface area contributed by atoms with E-state index in [-0.39, 0.29) is 11.4 Å². The molecular weight excluding hydrogens is 261 g/mol. The molecule has 0 spiro atoms. The molecule has 2 rings (SSSR count). The molecule has 0 aliphatic carbocycles. The first-order valence-corrected chi connectivity index (χ1v) is 6.70. The second-order valence-corrected chi connectivity index (χ2v) is 5.43. The molecule has 0 atom stereocenters. The first kappa shape index (κ1) is 12.4. The molecule has 0 saturated heterocycles. The second-order valence-electron chi connectivity index (χ2n) is 3.42. The van der Waals surface area contributed by atoms with Gasteiger partial charge in [0.2, 0.25) is 10.0 Å². The van der Waals surface area contributed by atoms with Crippen molar-refractivity contribution in [2.45, 2.75) is 6.92 Å². The molecule has 0 fully saturated rings. The maximum absolute atomic E-state index is 13.5. The van der Waals surface area contributed by atoms with Gasteiger partial charge >= 0.3 is 0 Å². The third-order valence-corrected chi connectivity index (χ3v) is 3.50. The molecule has 0 bridgehead atoms. The summed E-state index contributed by atoms with van der Waals surface area (Å²) in [5.41, 5.74) is 0.319. The summed E-state index contributed by atoms with van der Waals surface area (Å²) >= 11 is 0. The summed E-state index contributed by atoms with van der Waals surface area (Å²) in [4.78, 5) is 0. The van der Waals surface area contributed by atoms with Gasteiger partial charge in [0.15, 0.2) is 0 Å². The monoisotopic (exact) mass is 271 g/mol. The van der Waals surface area contributed by atoms with Crippen molar-refractivity contribution in [3.05, 3.63) is 30.3 Å². The van der Waals surface area contributed by atoms with E-state index >= 15 is 0 Å². The van der Waals surface area contributed by atoms with Crippen LogP contribution in [0.1, 0.15) is 6.92 Å². The second kappa shape index (κ2) is 4.69. The van der Waals surface area contributed by atoms with Crippen LogP contribution in [0.4, 0.5) is 10.1 Å². The molecule has 0 saturated carbocycles. The van der Waals surface area contributed by atoms with Crippen LogP contribution >= 0.6 is 0 Å². The Morgan fingerprint density at radius 1 is 1.44 bits per heavy atom. The van der Waals surface area contributed by atoms with E-state index in [0.717, 1.165) is 6.07 Å². The summed E-state index contributed by atoms with van der Waals surface area (Å²) in [6.45, 7) is 1.46. The van der Waals surface area contributed by atoms with Crippen molar-refractivity contribution in [2.24, 2.45) is 0 Å². The molecular formula is C9H10FN5O2S. The van der Waals surface area contributed by atoms with Crippen LogP contribution in [0.5, 0.6) is 0 Å². The average Bonchev–Trinajstić information content (AvgIpc) is 2.85. The lowest BCUT2D eigenvalue weighted by Gasteiger charge is -2.08. The third kappa shape index (κ3) is 2.62. The molecule has 1 aromatic heterocycles. The number of nitrogens with zero attached hydrogens (tertiary/aromatic N) is 4. The Kier molecular flexibility index (Phi) is 3.24. The van der Waals surface area contributed by atoms with Crippen LogP contribution in [-0.4, -0.2) is 34.4 Å². The highest BCUT2D eigenvalue weighted by atomic mass is 32.2. The molecule has 0 amide bonds. The minimum absolute atomic E-state index is 0.134. The van der Waals surface area contributed by atoms with E-state index in [9.17, 15) is 12.8 Å². The van der Waals surface area contributed by atoms with Gasteiger partial charge in [-0.1, -0.05) is 0 Å². The number of hydrogen-bond donors (Lipinski definition) is 1. The van der Waals surface area contributed by atoms with Crippen molar-refractivity contribution in [1.29, 1.82) is 0 Å². The molecule has 96 valence electrons. The third-order valence-electron chi connectivity index (χ3n) is 2.21. The fourth-order valence-corrected chi connectivity index (χ4v) is 1.89. The van der Waals surface area contributed by atoms with Crippen LogP contribution in [0, 0.1) is 5.82 Å². The van der Waals surface area contributed by atoms with E-state index in [0.29, 0.717) is 5.69 Å². The summed E-state index contributed by atoms with van der Waals surface area (Å²) in [5, 5.41) is 10.5. The number of halogens is 1. The van der Waals surface area contributed by atoms with Crippen LogP contribution in [0.15, 0.2) is 24.5 Å². The summed E-state index contributed by atoms with van der Waals surface area (Å²) in [7, 11) is -3.53. The van der Waals surface area contributed by atoms with Gasteiger partial charge in [-0.25, -0.2) is 17.5 Å². The normalized spacial score (nSPS) is 11.4. The Balaban J connectivity index is 2.39. The predicted octanol–water partition coefficient (Wildman–Crippen LogP) is 0.563. The average molecular weight is 271 g/mol. The van der Waals surface area contributed by atoms with Gasteiger partial charge in [0.05, 0.1) is 17.1 Å². The summed E-state index contributed by atoms with van der Waals surface area (Å²) < 4.78 is 39.7. The van der Waals surface area contributed by atoms with Crippen LogP contribution in [0.3, 0.4) is 0 Å². The molecule has 2 aromatic rings. The van der Waals surface area contributed by atoms with E-state index in [2.05, 4.69) is 20.2 Å². The fourth-order valence-electron chi connectivity index (χ4n) is 1.25. The molecule has 1 N–H and O–H groups in total. The number of aromatic nitrogens is 4. The van der Waals surface area contributed by atoms with E-state index in [1.165, 1.54) is 30.1 Å². The SMILES string of the molecule is CCS(=O)(=O)Nc1cc(-n2cnnn2)ccc1F. The standard InChI is InChI=1S/C9H10FN5O2S/c1-2-18(16,17)12-9-5-7(3-4-8(9)10)15-6-11-13-14-15/h3-6,12H,2H2,1H3. The lowest BCUT2D eigenvalue weighted by Crippen LogP contribution is -2.15. The van der Waals surface area contributed by atoms with Crippen molar-refractivity contribution in [3.8, 4) is 5.69 Å². The highest BCUT2D eigenvalue weighted by Crippen LogP contribution is 2.19. The highest BCUT2D eigenvalue weighted by Gasteiger charge is 2.12. The minimum Gasteiger partial charge on any atom is -0.281 e. The summed E-state index contributed by atoms with van der Waals surface area (Å²) in [6, 6.07) is 3.90. The molecule has 9 heteroatoms. The number of rotatable bonds is 4. The first-order chi connectivity index (χ1) is 8.52. The zero-order valence-electron chi connectivity index (χ0n) is 9.41. The molecule has 1 aromatic carbocycles. The van der Waals surface area contributed by atoms with Gasteiger partial charge < -0.3 is 0 Å². The van der Waals surface area contributed by atoms with Gasteiger partial charge in [0.25, 0.3) is 0 Å². The van der Waals surface area contributed by atoms with E-state index in [1.807, 2.05) is 0 Å². The van der Waals surface area contributed by atoms with Crippen molar-refractivity contribution in [1.82, 2.24) is 20.2 Å². The lowest BCUT2D eigenvalue weighted by atomic mass is 10.3. The van der Waals surface area contributed by atoms with E-state index in [4.69, 9.17) is 0 Å². The van der Waals surface area contributed by atoms with Crippen LogP contribution in [0.25, 0.3) is 5.69 Å². The highest BCUT2D eigenvalue weighted by molar-refractivity contribution is 7.92. The summed E-state index contributed by atoms with van der Waals surface area (Å²) in [6.07, 6.45) is 1.32. The Labute approximate surface area is 103 Å². The molecule has 0 unspecified atom stereocenters. The Morgan fingerprint density at radius 2 is 2.22 bits per heavy atom. The molecule has 0 aliphatic rings. The largest absolute Gasteiger partial charge is 0.281 e. The number of benzene rings is 1. The van der Waals surface area contributed by atoms with Crippen LogP contribution in [-0.2, 0) is 10.0 Å². The van der Waals surface area contributed by atoms with E-state index < -0.39 is 15.8 Å². The lowest BCUT2D eigenvalue weighted by molar-refractivity contribution is 0.599. The Bertz CT molecular complexity index is 641. The minimum atomic E-state index is -3.53. The molecule has 0 radical (unpaired) electrons. The molecule has 1 heterocycles. The number of nitrogens with one attached hydrogen (secondary N) is 1. The maximum Gasteiger partial charge on any atom is 0.232 e. The van der Waals surface area contributed by atoms with Crippen molar-refractivity contribution in [3.63, 3.8) is 0 Å². The van der Waals surface area contributed by atoms with Gasteiger partial charge in [0.1, 0.15) is 12.1 Å². The topological polar surface area (TPSA) is 89.8 Å². The van der Waals surface area contributed by atoms with Gasteiger partial charge in [-0.15, -0.1) is 5.10 Å². The van der Waals surface area contributed by atoms with Crippen molar-refractivity contribution < 1.29 is 12.8 Å². The van der Waals surface area contributed by atoms with Crippen LogP contribution < -0.4 is 4.72 Å². The maximum atomic E-state index is 13.5. The van der Waals surface area contributed by atoms with Crippen molar-refractivity contribution >= 4 is 15.7 Å². The van der Waals surface area contributed by atoms with Crippen molar-refractivity contribution in [2.75, 3.05) is 10.5 Å².